The first-order chi connectivity index (χ1) is 8.09. The number of anilines is 1. The minimum Gasteiger partial charge on any atom is -0.384 e. The Labute approximate surface area is 102 Å². The van der Waals surface area contributed by atoms with Crippen LogP contribution in [0.4, 0.5) is 5.82 Å². The topological polar surface area (TPSA) is 71.2 Å². The van der Waals surface area contributed by atoms with Gasteiger partial charge in [-0.3, -0.25) is 4.79 Å². The summed E-state index contributed by atoms with van der Waals surface area (Å²) < 4.78 is 0. The van der Waals surface area contributed by atoms with E-state index in [-0.39, 0.29) is 5.91 Å². The van der Waals surface area contributed by atoms with Gasteiger partial charge in [-0.1, -0.05) is 0 Å². The highest BCUT2D eigenvalue weighted by atomic mass is 16.1. The van der Waals surface area contributed by atoms with Crippen molar-refractivity contribution >= 4 is 11.7 Å². The van der Waals surface area contributed by atoms with E-state index in [9.17, 15) is 4.79 Å². The fourth-order valence-electron chi connectivity index (χ4n) is 1.40. The summed E-state index contributed by atoms with van der Waals surface area (Å²) >= 11 is 0. The molecule has 0 aliphatic heterocycles. The van der Waals surface area contributed by atoms with Gasteiger partial charge in [0.2, 0.25) is 0 Å². The summed E-state index contributed by atoms with van der Waals surface area (Å²) in [5.74, 6) is 0.329. The number of carbonyl (C=O) groups excluding carboxylic acids is 1. The lowest BCUT2D eigenvalue weighted by molar-refractivity contribution is 0.0952. The number of aromatic nitrogens is 1. The Morgan fingerprint density at radius 1 is 1.41 bits per heavy atom. The first kappa shape index (κ1) is 13.4. The molecule has 0 atom stereocenters. The summed E-state index contributed by atoms with van der Waals surface area (Å²) in [4.78, 5) is 17.7. The average molecular weight is 236 g/mol. The first-order valence-electron chi connectivity index (χ1n) is 5.74. The normalized spacial score (nSPS) is 10.5. The molecule has 94 valence electrons. The Morgan fingerprint density at radius 3 is 2.76 bits per heavy atom. The van der Waals surface area contributed by atoms with Crippen LogP contribution in [0.5, 0.6) is 0 Å². The fraction of sp³-hybridized carbons (Fsp3) is 0.500. The number of unbranched alkanes of at least 4 members (excludes halogenated alkanes) is 1. The molecular formula is C12H20N4O. The lowest BCUT2D eigenvalue weighted by Crippen LogP contribution is -2.25. The quantitative estimate of drug-likeness (QED) is 0.714. The third-order valence-corrected chi connectivity index (χ3v) is 2.37. The zero-order valence-electron chi connectivity index (χ0n) is 10.4. The molecule has 0 aliphatic rings. The van der Waals surface area contributed by atoms with Gasteiger partial charge in [0.1, 0.15) is 5.82 Å². The third-order valence-electron chi connectivity index (χ3n) is 2.37. The summed E-state index contributed by atoms with van der Waals surface area (Å²) in [5, 5.41) is 2.85. The number of rotatable bonds is 6. The minimum atomic E-state index is -0.0950. The van der Waals surface area contributed by atoms with Crippen molar-refractivity contribution in [1.82, 2.24) is 15.2 Å². The molecule has 5 nitrogen and oxygen atoms in total. The third kappa shape index (κ3) is 5.31. The lowest BCUT2D eigenvalue weighted by Gasteiger charge is -2.09. The van der Waals surface area contributed by atoms with Gasteiger partial charge in [0.15, 0.2) is 0 Å². The molecule has 3 N–H and O–H groups in total. The monoisotopic (exact) mass is 236 g/mol. The van der Waals surface area contributed by atoms with Crippen LogP contribution in [0, 0.1) is 0 Å². The van der Waals surface area contributed by atoms with Crippen molar-refractivity contribution in [3.63, 3.8) is 0 Å². The Bertz CT molecular complexity index is 348. The molecule has 0 saturated carbocycles. The second kappa shape index (κ2) is 6.85. The van der Waals surface area contributed by atoms with E-state index in [2.05, 4.69) is 15.2 Å². The highest BCUT2D eigenvalue weighted by molar-refractivity contribution is 5.93. The molecule has 5 heteroatoms. The summed E-state index contributed by atoms with van der Waals surface area (Å²) in [6.45, 7) is 1.73. The van der Waals surface area contributed by atoms with Crippen LogP contribution in [-0.4, -0.2) is 43.0 Å². The molecule has 0 saturated heterocycles. The van der Waals surface area contributed by atoms with Gasteiger partial charge in [0, 0.05) is 12.7 Å². The summed E-state index contributed by atoms with van der Waals surface area (Å²) in [6, 6.07) is 3.30. The number of hydrogen-bond donors (Lipinski definition) is 2. The average Bonchev–Trinajstić information content (AvgIpc) is 2.29. The number of pyridine rings is 1. The minimum absolute atomic E-state index is 0.0950. The molecule has 1 aromatic heterocycles. The highest BCUT2D eigenvalue weighted by Crippen LogP contribution is 2.01. The lowest BCUT2D eigenvalue weighted by atomic mass is 10.2. The number of amides is 1. The zero-order chi connectivity index (χ0) is 12.7. The number of nitrogens with one attached hydrogen (secondary N) is 1. The predicted octanol–water partition coefficient (Wildman–Crippen LogP) is 0.735. The maximum absolute atomic E-state index is 11.7. The molecule has 0 bridgehead atoms. The van der Waals surface area contributed by atoms with Gasteiger partial charge in [0.05, 0.1) is 5.56 Å². The van der Waals surface area contributed by atoms with Crippen LogP contribution in [0.3, 0.4) is 0 Å². The molecule has 0 radical (unpaired) electrons. The Balaban J connectivity index is 2.23. The second-order valence-electron chi connectivity index (χ2n) is 4.24. The predicted molar refractivity (Wildman–Crippen MR) is 68.8 cm³/mol. The van der Waals surface area contributed by atoms with Crippen LogP contribution in [0.25, 0.3) is 0 Å². The van der Waals surface area contributed by atoms with Gasteiger partial charge in [-0.05, 0) is 45.6 Å². The summed E-state index contributed by atoms with van der Waals surface area (Å²) in [5.41, 5.74) is 6.00. The van der Waals surface area contributed by atoms with E-state index in [0.29, 0.717) is 17.9 Å². The van der Waals surface area contributed by atoms with E-state index in [1.807, 2.05) is 14.1 Å². The van der Waals surface area contributed by atoms with Crippen LogP contribution in [0.1, 0.15) is 23.2 Å². The highest BCUT2D eigenvalue weighted by Gasteiger charge is 2.04. The second-order valence-corrected chi connectivity index (χ2v) is 4.24. The maximum atomic E-state index is 11.7. The van der Waals surface area contributed by atoms with E-state index >= 15 is 0 Å². The molecule has 0 aliphatic carbocycles. The largest absolute Gasteiger partial charge is 0.384 e. The van der Waals surface area contributed by atoms with Crippen LogP contribution in [-0.2, 0) is 0 Å². The van der Waals surface area contributed by atoms with Gasteiger partial charge in [-0.15, -0.1) is 0 Å². The number of nitrogens with two attached hydrogens (primary N) is 1. The van der Waals surface area contributed by atoms with Gasteiger partial charge in [0.25, 0.3) is 5.91 Å². The maximum Gasteiger partial charge on any atom is 0.252 e. The van der Waals surface area contributed by atoms with Gasteiger partial charge < -0.3 is 16.0 Å². The van der Waals surface area contributed by atoms with Crippen LogP contribution in [0.15, 0.2) is 18.3 Å². The van der Waals surface area contributed by atoms with Crippen LogP contribution < -0.4 is 11.1 Å². The van der Waals surface area contributed by atoms with Gasteiger partial charge in [-0.25, -0.2) is 4.98 Å². The molecule has 0 aromatic carbocycles. The van der Waals surface area contributed by atoms with Crippen molar-refractivity contribution in [3.8, 4) is 0 Å². The number of carbonyl (C=O) groups is 1. The first-order valence-corrected chi connectivity index (χ1v) is 5.74. The SMILES string of the molecule is CN(C)CCCCNC(=O)c1ccc(N)nc1. The Hall–Kier alpha value is -1.62. The molecule has 0 spiro atoms. The van der Waals surface area contributed by atoms with Crippen LogP contribution >= 0.6 is 0 Å². The van der Waals surface area contributed by atoms with Crippen molar-refractivity contribution in [1.29, 1.82) is 0 Å². The Kier molecular flexibility index (Phi) is 5.42. The fourth-order valence-corrected chi connectivity index (χ4v) is 1.40. The van der Waals surface area contributed by atoms with Crippen molar-refractivity contribution < 1.29 is 4.79 Å². The summed E-state index contributed by atoms with van der Waals surface area (Å²) in [7, 11) is 4.08. The zero-order valence-corrected chi connectivity index (χ0v) is 10.4. The number of hydrogen-bond acceptors (Lipinski definition) is 4. The molecule has 0 fully saturated rings. The molecule has 1 heterocycles. The summed E-state index contributed by atoms with van der Waals surface area (Å²) in [6.07, 6.45) is 3.55. The number of nitrogen functional groups attached to an aromatic ring is 1. The van der Waals surface area contributed by atoms with Crippen molar-refractivity contribution in [2.24, 2.45) is 0 Å². The van der Waals surface area contributed by atoms with Crippen molar-refractivity contribution in [2.75, 3.05) is 32.9 Å². The molecule has 1 aromatic rings. The number of nitrogens with zero attached hydrogens (tertiary/aromatic N) is 2. The van der Waals surface area contributed by atoms with Crippen molar-refractivity contribution in [2.45, 2.75) is 12.8 Å². The van der Waals surface area contributed by atoms with E-state index in [1.54, 1.807) is 12.1 Å². The smallest absolute Gasteiger partial charge is 0.252 e. The van der Waals surface area contributed by atoms with E-state index < -0.39 is 0 Å². The Morgan fingerprint density at radius 2 is 2.18 bits per heavy atom. The van der Waals surface area contributed by atoms with Crippen molar-refractivity contribution in [3.05, 3.63) is 23.9 Å². The molecule has 0 unspecified atom stereocenters. The van der Waals surface area contributed by atoms with Crippen LogP contribution in [0.2, 0.25) is 0 Å². The molecule has 1 rings (SSSR count). The van der Waals surface area contributed by atoms with E-state index in [0.717, 1.165) is 19.4 Å². The standard InChI is InChI=1S/C12H20N4O/c1-16(2)8-4-3-7-14-12(17)10-5-6-11(13)15-9-10/h5-6,9H,3-4,7-8H2,1-2H3,(H2,13,15)(H,14,17). The van der Waals surface area contributed by atoms with E-state index in [4.69, 9.17) is 5.73 Å². The molecule has 1 amide bonds. The molecular weight excluding hydrogens is 216 g/mol. The van der Waals surface area contributed by atoms with Gasteiger partial charge in [-0.2, -0.15) is 0 Å². The van der Waals surface area contributed by atoms with Gasteiger partial charge >= 0.3 is 0 Å². The van der Waals surface area contributed by atoms with E-state index in [1.165, 1.54) is 6.20 Å². The molecule has 17 heavy (non-hydrogen) atoms.